The van der Waals surface area contributed by atoms with Crippen LogP contribution < -0.4 is 20.1 Å². The van der Waals surface area contributed by atoms with Gasteiger partial charge in [-0.2, -0.15) is 0 Å². The Labute approximate surface area is 178 Å². The van der Waals surface area contributed by atoms with Gasteiger partial charge in [-0.15, -0.1) is 0 Å². The lowest BCUT2D eigenvalue weighted by atomic mass is 10.0. The highest BCUT2D eigenvalue weighted by atomic mass is 16.5. The molecule has 3 rings (SSSR count). The van der Waals surface area contributed by atoms with Gasteiger partial charge < -0.3 is 20.1 Å². The van der Waals surface area contributed by atoms with Gasteiger partial charge in [0.1, 0.15) is 6.04 Å². The molecule has 2 aromatic carbocycles. The van der Waals surface area contributed by atoms with Crippen molar-refractivity contribution in [3.05, 3.63) is 59.7 Å². The number of benzene rings is 2. The molecule has 0 fully saturated rings. The Hall–Kier alpha value is -3.02. The van der Waals surface area contributed by atoms with E-state index in [0.717, 1.165) is 23.3 Å². The number of nitrogens with one attached hydrogen (secondary N) is 2. The van der Waals surface area contributed by atoms with Crippen LogP contribution in [0.15, 0.2) is 48.5 Å². The summed E-state index contributed by atoms with van der Waals surface area (Å²) in [6.07, 6.45) is 1.09. The monoisotopic (exact) mass is 410 g/mol. The van der Waals surface area contributed by atoms with Crippen LogP contribution in [0.5, 0.6) is 11.5 Å². The molecule has 1 aliphatic heterocycles. The molecule has 0 bridgehead atoms. The summed E-state index contributed by atoms with van der Waals surface area (Å²) in [5, 5.41) is 5.90. The summed E-state index contributed by atoms with van der Waals surface area (Å²) in [5.74, 6) is 1.01. The van der Waals surface area contributed by atoms with Gasteiger partial charge in [-0.3, -0.25) is 9.59 Å². The Morgan fingerprint density at radius 1 is 0.933 bits per heavy atom. The molecule has 1 aliphatic rings. The van der Waals surface area contributed by atoms with Gasteiger partial charge in [0, 0.05) is 6.42 Å². The first-order valence-electron chi connectivity index (χ1n) is 10.5. The van der Waals surface area contributed by atoms with Crippen LogP contribution in [0.1, 0.15) is 44.4 Å². The SMILES string of the molecule is CC(NC(=O)C(NC(=O)Cc1ccccc1)C(C)C)c1ccc2c(c1)OCCCO2. The molecule has 1 heterocycles. The number of rotatable bonds is 7. The summed E-state index contributed by atoms with van der Waals surface area (Å²) in [7, 11) is 0. The van der Waals surface area contributed by atoms with E-state index in [0.29, 0.717) is 19.0 Å². The number of fused-ring (bicyclic) bond motifs is 1. The van der Waals surface area contributed by atoms with E-state index in [9.17, 15) is 9.59 Å². The van der Waals surface area contributed by atoms with Gasteiger partial charge in [-0.05, 0) is 36.1 Å². The average molecular weight is 411 g/mol. The average Bonchev–Trinajstić information content (AvgIpc) is 2.97. The molecule has 0 spiro atoms. The molecule has 2 atom stereocenters. The zero-order valence-corrected chi connectivity index (χ0v) is 17.8. The third kappa shape index (κ3) is 5.75. The second-order valence-electron chi connectivity index (χ2n) is 7.94. The molecule has 30 heavy (non-hydrogen) atoms. The lowest BCUT2D eigenvalue weighted by Gasteiger charge is -2.24. The first-order chi connectivity index (χ1) is 14.4. The maximum atomic E-state index is 12.9. The number of hydrogen-bond acceptors (Lipinski definition) is 4. The van der Waals surface area contributed by atoms with Crippen LogP contribution in [0, 0.1) is 5.92 Å². The highest BCUT2D eigenvalue weighted by molar-refractivity contribution is 5.88. The minimum atomic E-state index is -0.607. The van der Waals surface area contributed by atoms with Crippen molar-refractivity contribution < 1.29 is 19.1 Å². The number of amides is 2. The highest BCUT2D eigenvalue weighted by Gasteiger charge is 2.26. The van der Waals surface area contributed by atoms with Crippen molar-refractivity contribution in [3.63, 3.8) is 0 Å². The van der Waals surface area contributed by atoms with Gasteiger partial charge in [-0.25, -0.2) is 0 Å². The molecule has 0 aromatic heterocycles. The summed E-state index contributed by atoms with van der Waals surface area (Å²) in [4.78, 5) is 25.4. The molecular formula is C24H30N2O4. The fourth-order valence-electron chi connectivity index (χ4n) is 3.38. The van der Waals surface area contributed by atoms with Crippen molar-refractivity contribution in [3.8, 4) is 11.5 Å². The first-order valence-corrected chi connectivity index (χ1v) is 10.5. The second kappa shape index (κ2) is 10.1. The lowest BCUT2D eigenvalue weighted by Crippen LogP contribution is -2.50. The molecule has 2 unspecified atom stereocenters. The van der Waals surface area contributed by atoms with E-state index in [-0.39, 0.29) is 30.2 Å². The van der Waals surface area contributed by atoms with Gasteiger partial charge in [0.2, 0.25) is 11.8 Å². The fraction of sp³-hybridized carbons (Fsp3) is 0.417. The molecule has 160 valence electrons. The largest absolute Gasteiger partial charge is 0.490 e. The summed E-state index contributed by atoms with van der Waals surface area (Å²) in [5.41, 5.74) is 1.84. The minimum Gasteiger partial charge on any atom is -0.490 e. The summed E-state index contributed by atoms with van der Waals surface area (Å²) >= 11 is 0. The molecule has 0 radical (unpaired) electrons. The van der Waals surface area contributed by atoms with Crippen molar-refractivity contribution in [2.75, 3.05) is 13.2 Å². The van der Waals surface area contributed by atoms with E-state index in [2.05, 4.69) is 10.6 Å². The van der Waals surface area contributed by atoms with Crippen molar-refractivity contribution in [1.82, 2.24) is 10.6 Å². The van der Waals surface area contributed by atoms with Crippen molar-refractivity contribution in [2.45, 2.75) is 45.7 Å². The van der Waals surface area contributed by atoms with Crippen LogP contribution in [-0.4, -0.2) is 31.1 Å². The molecule has 0 aliphatic carbocycles. The number of hydrogen-bond donors (Lipinski definition) is 2. The Bertz CT molecular complexity index is 867. The molecule has 2 aromatic rings. The van der Waals surface area contributed by atoms with Crippen LogP contribution in [0.3, 0.4) is 0 Å². The molecule has 2 amide bonds. The molecular weight excluding hydrogens is 380 g/mol. The lowest BCUT2D eigenvalue weighted by molar-refractivity contribution is -0.130. The quantitative estimate of drug-likeness (QED) is 0.733. The Balaban J connectivity index is 1.63. The van der Waals surface area contributed by atoms with Gasteiger partial charge >= 0.3 is 0 Å². The Kier molecular flexibility index (Phi) is 7.33. The van der Waals surface area contributed by atoms with Crippen LogP contribution in [0.2, 0.25) is 0 Å². The van der Waals surface area contributed by atoms with E-state index in [1.165, 1.54) is 0 Å². The van der Waals surface area contributed by atoms with Crippen LogP contribution >= 0.6 is 0 Å². The Morgan fingerprint density at radius 3 is 2.33 bits per heavy atom. The zero-order chi connectivity index (χ0) is 21.5. The van der Waals surface area contributed by atoms with Crippen molar-refractivity contribution >= 4 is 11.8 Å². The fourth-order valence-corrected chi connectivity index (χ4v) is 3.38. The minimum absolute atomic E-state index is 0.0410. The number of carbonyl (C=O) groups is 2. The van der Waals surface area contributed by atoms with Gasteiger partial charge in [0.15, 0.2) is 11.5 Å². The standard InChI is InChI=1S/C24H30N2O4/c1-16(2)23(26-22(27)14-18-8-5-4-6-9-18)24(28)25-17(3)19-10-11-20-21(15-19)30-13-7-12-29-20/h4-6,8-11,15-17,23H,7,12-14H2,1-3H3,(H,25,28)(H,26,27). The van der Waals surface area contributed by atoms with E-state index in [1.54, 1.807) is 0 Å². The predicted octanol–water partition coefficient (Wildman–Crippen LogP) is 3.41. The van der Waals surface area contributed by atoms with Crippen LogP contribution in [0.4, 0.5) is 0 Å². The summed E-state index contributed by atoms with van der Waals surface area (Å²) in [6.45, 7) is 7.01. The molecule has 0 saturated heterocycles. The molecule has 0 saturated carbocycles. The van der Waals surface area contributed by atoms with Gasteiger partial charge in [0.05, 0.1) is 25.7 Å². The van der Waals surface area contributed by atoms with Crippen molar-refractivity contribution in [2.24, 2.45) is 5.92 Å². The predicted molar refractivity (Wildman–Crippen MR) is 116 cm³/mol. The number of carbonyl (C=O) groups excluding carboxylic acids is 2. The summed E-state index contributed by atoms with van der Waals surface area (Å²) < 4.78 is 11.4. The molecule has 6 heteroatoms. The Morgan fingerprint density at radius 2 is 1.63 bits per heavy atom. The number of ether oxygens (including phenoxy) is 2. The van der Waals surface area contributed by atoms with E-state index in [1.807, 2.05) is 69.3 Å². The first kappa shape index (κ1) is 21.7. The summed E-state index contributed by atoms with van der Waals surface area (Å²) in [6, 6.07) is 14.4. The topological polar surface area (TPSA) is 76.7 Å². The molecule has 2 N–H and O–H groups in total. The third-order valence-electron chi connectivity index (χ3n) is 5.10. The van der Waals surface area contributed by atoms with E-state index >= 15 is 0 Å². The van der Waals surface area contributed by atoms with Gasteiger partial charge in [-0.1, -0.05) is 50.2 Å². The van der Waals surface area contributed by atoms with E-state index < -0.39 is 6.04 Å². The second-order valence-corrected chi connectivity index (χ2v) is 7.94. The maximum Gasteiger partial charge on any atom is 0.243 e. The smallest absolute Gasteiger partial charge is 0.243 e. The third-order valence-corrected chi connectivity index (χ3v) is 5.10. The highest BCUT2D eigenvalue weighted by Crippen LogP contribution is 2.32. The van der Waals surface area contributed by atoms with E-state index in [4.69, 9.17) is 9.47 Å². The van der Waals surface area contributed by atoms with Crippen LogP contribution in [-0.2, 0) is 16.0 Å². The van der Waals surface area contributed by atoms with Gasteiger partial charge in [0.25, 0.3) is 0 Å². The van der Waals surface area contributed by atoms with Crippen LogP contribution in [0.25, 0.3) is 0 Å². The van der Waals surface area contributed by atoms with Crippen molar-refractivity contribution in [1.29, 1.82) is 0 Å². The maximum absolute atomic E-state index is 12.9. The molecule has 6 nitrogen and oxygen atoms in total. The normalized spacial score (nSPS) is 15.1. The zero-order valence-electron chi connectivity index (χ0n) is 17.8.